The number of benzene rings is 1. The maximum atomic E-state index is 4.79. The standard InChI is InChI=1S/C15H20BrN3/c1-4-11(9-17-3)15-18-10(2)14(19-15)12-6-5-7-13(16)8-12/h5-8,11,17H,4,9H2,1-3H3,(H,18,19). The van der Waals surface area contributed by atoms with Crippen LogP contribution >= 0.6 is 15.9 Å². The molecule has 0 bridgehead atoms. The van der Waals surface area contributed by atoms with Gasteiger partial charge in [0, 0.05) is 28.2 Å². The Hall–Kier alpha value is -1.13. The summed E-state index contributed by atoms with van der Waals surface area (Å²) in [4.78, 5) is 8.23. The molecule has 4 heteroatoms. The smallest absolute Gasteiger partial charge is 0.111 e. The molecule has 2 aromatic rings. The molecular weight excluding hydrogens is 302 g/mol. The van der Waals surface area contributed by atoms with E-state index in [9.17, 15) is 0 Å². The molecule has 0 aliphatic heterocycles. The molecule has 102 valence electrons. The number of imidazole rings is 1. The lowest BCUT2D eigenvalue weighted by Gasteiger charge is -2.10. The van der Waals surface area contributed by atoms with E-state index in [4.69, 9.17) is 4.98 Å². The van der Waals surface area contributed by atoms with Crippen molar-refractivity contribution in [3.63, 3.8) is 0 Å². The molecule has 1 aromatic heterocycles. The number of aromatic nitrogens is 2. The Kier molecular flexibility index (Phi) is 4.77. The van der Waals surface area contributed by atoms with Crippen molar-refractivity contribution in [2.24, 2.45) is 0 Å². The zero-order chi connectivity index (χ0) is 13.8. The van der Waals surface area contributed by atoms with E-state index in [1.165, 1.54) is 0 Å². The third-order valence-electron chi connectivity index (χ3n) is 3.33. The normalized spacial score (nSPS) is 12.6. The van der Waals surface area contributed by atoms with Gasteiger partial charge in [-0.3, -0.25) is 0 Å². The van der Waals surface area contributed by atoms with Gasteiger partial charge in [-0.05, 0) is 32.5 Å². The summed E-state index contributed by atoms with van der Waals surface area (Å²) in [6.45, 7) is 5.22. The summed E-state index contributed by atoms with van der Waals surface area (Å²) >= 11 is 3.51. The van der Waals surface area contributed by atoms with E-state index in [1.807, 2.05) is 19.2 Å². The minimum absolute atomic E-state index is 0.435. The monoisotopic (exact) mass is 321 g/mol. The maximum absolute atomic E-state index is 4.79. The van der Waals surface area contributed by atoms with Gasteiger partial charge in [0.25, 0.3) is 0 Å². The first kappa shape index (κ1) is 14.3. The van der Waals surface area contributed by atoms with E-state index in [2.05, 4.69) is 52.2 Å². The Balaban J connectivity index is 2.35. The zero-order valence-electron chi connectivity index (χ0n) is 11.6. The van der Waals surface area contributed by atoms with E-state index in [1.54, 1.807) is 0 Å². The molecule has 0 aliphatic carbocycles. The predicted molar refractivity (Wildman–Crippen MR) is 83.4 cm³/mol. The summed E-state index contributed by atoms with van der Waals surface area (Å²) in [5, 5.41) is 3.23. The fraction of sp³-hybridized carbons (Fsp3) is 0.400. The van der Waals surface area contributed by atoms with Crippen LogP contribution < -0.4 is 5.32 Å². The summed E-state index contributed by atoms with van der Waals surface area (Å²) in [5.74, 6) is 1.51. The number of halogens is 1. The van der Waals surface area contributed by atoms with Crippen molar-refractivity contribution in [2.45, 2.75) is 26.2 Å². The van der Waals surface area contributed by atoms with Gasteiger partial charge >= 0.3 is 0 Å². The van der Waals surface area contributed by atoms with Gasteiger partial charge in [-0.15, -0.1) is 0 Å². The van der Waals surface area contributed by atoms with E-state index in [0.29, 0.717) is 5.92 Å². The first-order valence-corrected chi connectivity index (χ1v) is 7.42. The first-order chi connectivity index (χ1) is 9.15. The van der Waals surface area contributed by atoms with Crippen molar-refractivity contribution in [1.29, 1.82) is 0 Å². The van der Waals surface area contributed by atoms with Gasteiger partial charge in [-0.1, -0.05) is 35.0 Å². The Morgan fingerprint density at radius 2 is 2.21 bits per heavy atom. The number of aromatic amines is 1. The highest BCUT2D eigenvalue weighted by molar-refractivity contribution is 9.10. The minimum Gasteiger partial charge on any atom is -0.345 e. The first-order valence-electron chi connectivity index (χ1n) is 6.62. The molecule has 1 atom stereocenters. The molecule has 2 rings (SSSR count). The van der Waals surface area contributed by atoms with Crippen LogP contribution in [-0.2, 0) is 0 Å². The minimum atomic E-state index is 0.435. The topological polar surface area (TPSA) is 40.7 Å². The fourth-order valence-electron chi connectivity index (χ4n) is 2.27. The Bertz CT molecular complexity index is 548. The summed E-state index contributed by atoms with van der Waals surface area (Å²) in [6.07, 6.45) is 1.08. The molecule has 0 saturated heterocycles. The number of hydrogen-bond acceptors (Lipinski definition) is 2. The van der Waals surface area contributed by atoms with Crippen molar-refractivity contribution in [2.75, 3.05) is 13.6 Å². The molecule has 1 heterocycles. The van der Waals surface area contributed by atoms with Gasteiger partial charge in [0.15, 0.2) is 0 Å². The SMILES string of the molecule is CCC(CNC)c1nc(-c2cccc(Br)c2)c(C)[nH]1. The lowest BCUT2D eigenvalue weighted by Crippen LogP contribution is -2.17. The lowest BCUT2D eigenvalue weighted by molar-refractivity contribution is 0.585. The summed E-state index contributed by atoms with van der Waals surface area (Å²) in [5.41, 5.74) is 3.32. The van der Waals surface area contributed by atoms with Gasteiger partial charge in [-0.2, -0.15) is 0 Å². The molecular formula is C15H20BrN3. The third kappa shape index (κ3) is 3.25. The molecule has 0 radical (unpaired) electrons. The van der Waals surface area contributed by atoms with E-state index < -0.39 is 0 Å². The number of nitrogens with one attached hydrogen (secondary N) is 2. The second kappa shape index (κ2) is 6.35. The van der Waals surface area contributed by atoms with Crippen molar-refractivity contribution < 1.29 is 0 Å². The maximum Gasteiger partial charge on any atom is 0.111 e. The van der Waals surface area contributed by atoms with Crippen LogP contribution in [-0.4, -0.2) is 23.6 Å². The van der Waals surface area contributed by atoms with Crippen molar-refractivity contribution in [1.82, 2.24) is 15.3 Å². The summed E-state index contributed by atoms with van der Waals surface area (Å²) in [7, 11) is 1.98. The fourth-order valence-corrected chi connectivity index (χ4v) is 2.67. The van der Waals surface area contributed by atoms with Crippen LogP contribution in [0.15, 0.2) is 28.7 Å². The number of nitrogens with zero attached hydrogens (tertiary/aromatic N) is 1. The van der Waals surface area contributed by atoms with Gasteiger partial charge in [-0.25, -0.2) is 4.98 Å². The average molecular weight is 322 g/mol. The van der Waals surface area contributed by atoms with Gasteiger partial charge in [0.1, 0.15) is 5.82 Å². The highest BCUT2D eigenvalue weighted by Crippen LogP contribution is 2.27. The van der Waals surface area contributed by atoms with Gasteiger partial charge < -0.3 is 10.3 Å². The molecule has 0 spiro atoms. The summed E-state index contributed by atoms with van der Waals surface area (Å²) in [6, 6.07) is 8.27. The van der Waals surface area contributed by atoms with Crippen molar-refractivity contribution in [3.05, 3.63) is 40.3 Å². The van der Waals surface area contributed by atoms with E-state index >= 15 is 0 Å². The largest absolute Gasteiger partial charge is 0.345 e. The molecule has 19 heavy (non-hydrogen) atoms. The number of rotatable bonds is 5. The Morgan fingerprint density at radius 3 is 2.84 bits per heavy atom. The second-order valence-electron chi connectivity index (χ2n) is 4.77. The molecule has 2 N–H and O–H groups in total. The van der Waals surface area contributed by atoms with E-state index in [0.717, 1.165) is 40.2 Å². The van der Waals surface area contributed by atoms with Crippen molar-refractivity contribution in [3.8, 4) is 11.3 Å². The molecule has 1 aromatic carbocycles. The molecule has 1 unspecified atom stereocenters. The van der Waals surface area contributed by atoms with Crippen LogP contribution in [0.4, 0.5) is 0 Å². The van der Waals surface area contributed by atoms with Crippen LogP contribution in [0.5, 0.6) is 0 Å². The lowest BCUT2D eigenvalue weighted by atomic mass is 10.1. The number of hydrogen-bond donors (Lipinski definition) is 2. The predicted octanol–water partition coefficient (Wildman–Crippen LogP) is 3.86. The third-order valence-corrected chi connectivity index (χ3v) is 3.82. The van der Waals surface area contributed by atoms with Gasteiger partial charge in [0.2, 0.25) is 0 Å². The highest BCUT2D eigenvalue weighted by Gasteiger charge is 2.15. The molecule has 3 nitrogen and oxygen atoms in total. The van der Waals surface area contributed by atoms with E-state index in [-0.39, 0.29) is 0 Å². The molecule has 0 saturated carbocycles. The number of aryl methyl sites for hydroxylation is 1. The van der Waals surface area contributed by atoms with Crippen molar-refractivity contribution >= 4 is 15.9 Å². The highest BCUT2D eigenvalue weighted by atomic mass is 79.9. The number of H-pyrrole nitrogens is 1. The van der Waals surface area contributed by atoms with Crippen LogP contribution in [0.2, 0.25) is 0 Å². The quantitative estimate of drug-likeness (QED) is 0.877. The molecule has 0 amide bonds. The Labute approximate surface area is 123 Å². The van der Waals surface area contributed by atoms with Crippen LogP contribution in [0.3, 0.4) is 0 Å². The second-order valence-corrected chi connectivity index (χ2v) is 5.68. The Morgan fingerprint density at radius 1 is 1.42 bits per heavy atom. The molecule has 0 fully saturated rings. The summed E-state index contributed by atoms with van der Waals surface area (Å²) < 4.78 is 1.08. The van der Waals surface area contributed by atoms with Crippen LogP contribution in [0.1, 0.15) is 30.8 Å². The average Bonchev–Trinajstić information content (AvgIpc) is 2.78. The van der Waals surface area contributed by atoms with Crippen LogP contribution in [0, 0.1) is 6.92 Å². The van der Waals surface area contributed by atoms with Gasteiger partial charge in [0.05, 0.1) is 5.69 Å². The number of likely N-dealkylation sites (N-methyl/N-ethyl adjacent to an activating group) is 1. The van der Waals surface area contributed by atoms with Crippen LogP contribution in [0.25, 0.3) is 11.3 Å². The molecule has 0 aliphatic rings. The zero-order valence-corrected chi connectivity index (χ0v) is 13.2.